The van der Waals surface area contributed by atoms with Gasteiger partial charge in [-0.25, -0.2) is 14.4 Å². The van der Waals surface area contributed by atoms with Crippen LogP contribution in [-0.4, -0.2) is 25.3 Å². The average Bonchev–Trinajstić information content (AvgIpc) is 2.62. The Hall–Kier alpha value is -2.68. The molecule has 1 aromatic carbocycles. The minimum Gasteiger partial charge on any atom is -0.382 e. The normalized spacial score (nSPS) is 11.2. The van der Waals surface area contributed by atoms with Gasteiger partial charge in [-0.1, -0.05) is 37.2 Å². The Morgan fingerprint density at radius 1 is 1.23 bits per heavy atom. The number of unbranched alkanes of at least 4 members (excludes halogenated alkanes) is 1. The first kappa shape index (κ1) is 18.1. The monoisotopic (exact) mass is 375 g/mol. The number of fused-ring (bicyclic) bond motifs is 1. The van der Waals surface area contributed by atoms with Crippen LogP contribution in [0.15, 0.2) is 39.0 Å². The minimum atomic E-state index is -0.804. The van der Waals surface area contributed by atoms with Gasteiger partial charge in [-0.3, -0.25) is 14.2 Å². The van der Waals surface area contributed by atoms with E-state index in [0.717, 1.165) is 18.6 Å². The smallest absolute Gasteiger partial charge is 0.318 e. The zero-order chi connectivity index (χ0) is 18.7. The molecule has 0 saturated carbocycles. The Bertz CT molecular complexity index is 1050. The van der Waals surface area contributed by atoms with Crippen molar-refractivity contribution in [3.8, 4) is 0 Å². The van der Waals surface area contributed by atoms with Crippen molar-refractivity contribution < 1.29 is 4.39 Å². The third-order valence-corrected chi connectivity index (χ3v) is 4.75. The lowest BCUT2D eigenvalue weighted by atomic mass is 10.2. The second-order valence-electron chi connectivity index (χ2n) is 5.76. The first-order chi connectivity index (χ1) is 12.5. The third kappa shape index (κ3) is 3.77. The summed E-state index contributed by atoms with van der Waals surface area (Å²) in [6.45, 7) is 2.16. The van der Waals surface area contributed by atoms with Gasteiger partial charge in [-0.15, -0.1) is 0 Å². The van der Waals surface area contributed by atoms with E-state index in [1.807, 2.05) is 0 Å². The number of benzene rings is 1. The highest BCUT2D eigenvalue weighted by atomic mass is 32.2. The lowest BCUT2D eigenvalue weighted by Gasteiger charge is -2.11. The van der Waals surface area contributed by atoms with E-state index in [2.05, 4.69) is 21.9 Å². The van der Waals surface area contributed by atoms with Crippen LogP contribution in [-0.2, 0) is 6.54 Å². The van der Waals surface area contributed by atoms with Crippen LogP contribution in [0.3, 0.4) is 0 Å². The summed E-state index contributed by atoms with van der Waals surface area (Å²) in [7, 11) is 0. The van der Waals surface area contributed by atoms with E-state index in [9.17, 15) is 14.0 Å². The summed E-state index contributed by atoms with van der Waals surface area (Å²) in [6, 6.07) is 5.70. The van der Waals surface area contributed by atoms with Gasteiger partial charge in [0.05, 0.1) is 6.54 Å². The molecule has 0 aliphatic rings. The highest BCUT2D eigenvalue weighted by Crippen LogP contribution is 2.21. The van der Waals surface area contributed by atoms with Crippen LogP contribution in [0.2, 0.25) is 0 Å². The lowest BCUT2D eigenvalue weighted by molar-refractivity contribution is 0.626. The van der Waals surface area contributed by atoms with Crippen LogP contribution in [0.1, 0.15) is 25.3 Å². The molecule has 0 unspecified atom stereocenters. The summed E-state index contributed by atoms with van der Waals surface area (Å²) >= 11 is 1.44. The van der Waals surface area contributed by atoms with Crippen LogP contribution < -0.4 is 16.9 Å². The van der Waals surface area contributed by atoms with E-state index in [1.54, 1.807) is 12.1 Å². The topological polar surface area (TPSA) is 107 Å². The average molecular weight is 375 g/mol. The maximum atomic E-state index is 13.1. The lowest BCUT2D eigenvalue weighted by Crippen LogP contribution is -2.37. The van der Waals surface area contributed by atoms with E-state index in [4.69, 9.17) is 5.73 Å². The molecule has 0 saturated heterocycles. The molecule has 0 radical (unpaired) electrons. The summed E-state index contributed by atoms with van der Waals surface area (Å²) in [4.78, 5) is 35.4. The number of hydrogen-bond acceptors (Lipinski definition) is 6. The number of nitrogens with zero attached hydrogens (tertiary/aromatic N) is 3. The molecule has 3 aromatic rings. The molecule has 9 heteroatoms. The molecule has 0 bridgehead atoms. The maximum absolute atomic E-state index is 13.1. The van der Waals surface area contributed by atoms with Crippen LogP contribution in [0.25, 0.3) is 11.2 Å². The van der Waals surface area contributed by atoms with Crippen LogP contribution in [0, 0.1) is 5.82 Å². The van der Waals surface area contributed by atoms with Crippen molar-refractivity contribution in [2.45, 2.75) is 31.5 Å². The Kier molecular flexibility index (Phi) is 5.36. The number of anilines is 1. The molecule has 26 heavy (non-hydrogen) atoms. The SMILES string of the molecule is CCCCSc1nc(N)c2[nH]c(=O)c(=O)n(Cc3ccc(F)cc3)c2n1. The summed E-state index contributed by atoms with van der Waals surface area (Å²) in [5, 5.41) is 0.447. The Labute approximate surface area is 152 Å². The highest BCUT2D eigenvalue weighted by Gasteiger charge is 2.14. The quantitative estimate of drug-likeness (QED) is 0.296. The zero-order valence-corrected chi connectivity index (χ0v) is 15.0. The Morgan fingerprint density at radius 3 is 2.65 bits per heavy atom. The van der Waals surface area contributed by atoms with Gasteiger partial charge in [-0.2, -0.15) is 0 Å². The number of thioether (sulfide) groups is 1. The van der Waals surface area contributed by atoms with Gasteiger partial charge >= 0.3 is 11.1 Å². The van der Waals surface area contributed by atoms with E-state index in [-0.39, 0.29) is 29.3 Å². The third-order valence-electron chi connectivity index (χ3n) is 3.81. The van der Waals surface area contributed by atoms with E-state index in [1.165, 1.54) is 28.5 Å². The molecular formula is C17H18FN5O2S. The Balaban J connectivity index is 2.12. The molecule has 3 rings (SSSR count). The summed E-state index contributed by atoms with van der Waals surface area (Å²) in [5.74, 6) is 0.560. The van der Waals surface area contributed by atoms with Crippen molar-refractivity contribution >= 4 is 28.7 Å². The fourth-order valence-corrected chi connectivity index (χ4v) is 3.37. The van der Waals surface area contributed by atoms with Crippen LogP contribution in [0.5, 0.6) is 0 Å². The van der Waals surface area contributed by atoms with Gasteiger partial charge in [0.25, 0.3) is 0 Å². The van der Waals surface area contributed by atoms with Gasteiger partial charge in [0.2, 0.25) is 0 Å². The summed E-state index contributed by atoms with van der Waals surface area (Å²) in [5.41, 5.74) is 5.55. The van der Waals surface area contributed by atoms with Crippen LogP contribution in [0.4, 0.5) is 10.2 Å². The number of aromatic nitrogens is 4. The number of rotatable bonds is 6. The molecule has 0 aliphatic carbocycles. The molecule has 0 atom stereocenters. The molecule has 2 heterocycles. The molecule has 0 amide bonds. The predicted octanol–water partition coefficient (Wildman–Crippen LogP) is 2.14. The standard InChI is InChI=1S/C17H18FN5O2S/c1-2-3-8-26-17-21-13(19)12-14(22-17)23(16(25)15(24)20-12)9-10-4-6-11(18)7-5-10/h4-7H,2-3,8-9H2,1H3,(H,20,24)(H2,19,21,22). The zero-order valence-electron chi connectivity index (χ0n) is 14.2. The molecule has 3 N–H and O–H groups in total. The van der Waals surface area contributed by atoms with Crippen molar-refractivity contribution in [3.05, 3.63) is 56.4 Å². The molecule has 7 nitrogen and oxygen atoms in total. The van der Waals surface area contributed by atoms with Crippen LogP contribution >= 0.6 is 11.8 Å². The second-order valence-corrected chi connectivity index (χ2v) is 6.83. The molecule has 0 spiro atoms. The van der Waals surface area contributed by atoms with Crippen molar-refractivity contribution in [2.75, 3.05) is 11.5 Å². The fourth-order valence-electron chi connectivity index (χ4n) is 2.44. The number of halogens is 1. The van der Waals surface area contributed by atoms with Crippen molar-refractivity contribution in [1.82, 2.24) is 19.5 Å². The number of hydrogen-bond donors (Lipinski definition) is 2. The van der Waals surface area contributed by atoms with Crippen molar-refractivity contribution in [3.63, 3.8) is 0 Å². The van der Waals surface area contributed by atoms with Crippen molar-refractivity contribution in [2.24, 2.45) is 0 Å². The second kappa shape index (κ2) is 7.69. The Morgan fingerprint density at radius 2 is 1.96 bits per heavy atom. The summed E-state index contributed by atoms with van der Waals surface area (Å²) in [6.07, 6.45) is 2.04. The molecule has 2 aromatic heterocycles. The molecule has 0 fully saturated rings. The van der Waals surface area contributed by atoms with Gasteiger partial charge < -0.3 is 10.7 Å². The largest absolute Gasteiger partial charge is 0.382 e. The number of nitrogens with one attached hydrogen (secondary N) is 1. The molecule has 0 aliphatic heterocycles. The number of nitrogens with two attached hydrogens (primary N) is 1. The van der Waals surface area contributed by atoms with Crippen molar-refractivity contribution in [1.29, 1.82) is 0 Å². The van der Waals surface area contributed by atoms with E-state index >= 15 is 0 Å². The van der Waals surface area contributed by atoms with Gasteiger partial charge in [0.15, 0.2) is 16.6 Å². The number of nitrogen functional groups attached to an aromatic ring is 1. The van der Waals surface area contributed by atoms with Gasteiger partial charge in [0, 0.05) is 5.75 Å². The molecular weight excluding hydrogens is 357 g/mol. The summed E-state index contributed by atoms with van der Waals surface area (Å²) < 4.78 is 14.4. The first-order valence-corrected chi connectivity index (χ1v) is 9.15. The number of H-pyrrole nitrogens is 1. The highest BCUT2D eigenvalue weighted by molar-refractivity contribution is 7.99. The minimum absolute atomic E-state index is 0.0784. The maximum Gasteiger partial charge on any atom is 0.318 e. The first-order valence-electron chi connectivity index (χ1n) is 8.17. The van der Waals surface area contributed by atoms with Gasteiger partial charge in [0.1, 0.15) is 11.3 Å². The van der Waals surface area contributed by atoms with Gasteiger partial charge in [-0.05, 0) is 24.1 Å². The van der Waals surface area contributed by atoms with E-state index < -0.39 is 11.1 Å². The predicted molar refractivity (Wildman–Crippen MR) is 100.0 cm³/mol. The van der Waals surface area contributed by atoms with E-state index in [0.29, 0.717) is 10.7 Å². The number of aromatic amines is 1. The molecule has 136 valence electrons. The fraction of sp³-hybridized carbons (Fsp3) is 0.294.